The average Bonchev–Trinajstić information content (AvgIpc) is 2.60. The van der Waals surface area contributed by atoms with Gasteiger partial charge in [-0.25, -0.2) is 4.79 Å². The Balaban J connectivity index is 2.21. The van der Waals surface area contributed by atoms with Gasteiger partial charge in [0.1, 0.15) is 5.75 Å². The highest BCUT2D eigenvalue weighted by Crippen LogP contribution is 2.40. The van der Waals surface area contributed by atoms with E-state index in [1.807, 2.05) is 0 Å². The first kappa shape index (κ1) is 9.92. The summed E-state index contributed by atoms with van der Waals surface area (Å²) in [7, 11) is 0. The van der Waals surface area contributed by atoms with Gasteiger partial charge in [0.2, 0.25) is 6.79 Å². The van der Waals surface area contributed by atoms with Gasteiger partial charge < -0.3 is 19.3 Å². The molecule has 1 aromatic carbocycles. The number of carbonyl (C=O) groups is 1. The molecule has 0 unspecified atom stereocenters. The zero-order valence-corrected chi connectivity index (χ0v) is 8.28. The second-order valence-corrected chi connectivity index (χ2v) is 3.23. The van der Waals surface area contributed by atoms with Crippen molar-refractivity contribution >= 4 is 17.6 Å². The van der Waals surface area contributed by atoms with E-state index in [4.69, 9.17) is 30.9 Å². The molecule has 1 aliphatic rings. The monoisotopic (exact) mass is 230 g/mol. The van der Waals surface area contributed by atoms with Crippen molar-refractivity contribution in [3.8, 4) is 17.2 Å². The predicted molar refractivity (Wildman–Crippen MR) is 50.7 cm³/mol. The first-order chi connectivity index (χ1) is 7.16. The summed E-state index contributed by atoms with van der Waals surface area (Å²) in [4.78, 5) is 10.3. The summed E-state index contributed by atoms with van der Waals surface area (Å²) in [5.41, 5.74) is 0. The lowest BCUT2D eigenvalue weighted by Gasteiger charge is -2.06. The first-order valence-electron chi connectivity index (χ1n) is 4.10. The van der Waals surface area contributed by atoms with Crippen molar-refractivity contribution in [2.45, 2.75) is 0 Å². The highest BCUT2D eigenvalue weighted by Gasteiger charge is 2.17. The molecule has 1 N–H and O–H groups in total. The second kappa shape index (κ2) is 3.86. The van der Waals surface area contributed by atoms with Gasteiger partial charge in [0.05, 0.1) is 5.02 Å². The van der Waals surface area contributed by atoms with Crippen LogP contribution in [0.25, 0.3) is 0 Å². The second-order valence-electron chi connectivity index (χ2n) is 2.82. The van der Waals surface area contributed by atoms with E-state index in [2.05, 4.69) is 0 Å². The number of benzene rings is 1. The van der Waals surface area contributed by atoms with Crippen LogP contribution in [0.4, 0.5) is 0 Å². The molecule has 0 fully saturated rings. The fraction of sp³-hybridized carbons (Fsp3) is 0.222. The van der Waals surface area contributed by atoms with Crippen molar-refractivity contribution in [3.63, 3.8) is 0 Å². The maximum Gasteiger partial charge on any atom is 0.341 e. The van der Waals surface area contributed by atoms with E-state index in [0.717, 1.165) is 0 Å². The third-order valence-electron chi connectivity index (χ3n) is 1.78. The molecule has 1 aromatic rings. The van der Waals surface area contributed by atoms with E-state index in [1.165, 1.54) is 12.1 Å². The molecule has 1 aliphatic heterocycles. The molecule has 0 amide bonds. The summed E-state index contributed by atoms with van der Waals surface area (Å²) in [5, 5.41) is 8.73. The minimum Gasteiger partial charge on any atom is -0.480 e. The topological polar surface area (TPSA) is 65.0 Å². The van der Waals surface area contributed by atoms with Crippen LogP contribution in [0.5, 0.6) is 17.2 Å². The number of rotatable bonds is 3. The van der Waals surface area contributed by atoms with Crippen LogP contribution in [0.3, 0.4) is 0 Å². The van der Waals surface area contributed by atoms with Crippen LogP contribution >= 0.6 is 11.6 Å². The lowest BCUT2D eigenvalue weighted by molar-refractivity contribution is -0.139. The van der Waals surface area contributed by atoms with Crippen LogP contribution in [0.1, 0.15) is 0 Å². The SMILES string of the molecule is O=C(O)COc1cc2c(cc1Cl)OCO2. The average molecular weight is 231 g/mol. The quantitative estimate of drug-likeness (QED) is 0.853. The molecule has 15 heavy (non-hydrogen) atoms. The molecule has 0 atom stereocenters. The summed E-state index contributed by atoms with van der Waals surface area (Å²) < 4.78 is 15.1. The minimum atomic E-state index is -1.07. The van der Waals surface area contributed by atoms with Crippen LogP contribution in [0.2, 0.25) is 5.02 Å². The third-order valence-corrected chi connectivity index (χ3v) is 2.07. The Bertz CT molecular complexity index is 404. The molecule has 0 spiro atoms. The Morgan fingerprint density at radius 2 is 2.13 bits per heavy atom. The Hall–Kier alpha value is -1.62. The molecule has 0 saturated carbocycles. The first-order valence-corrected chi connectivity index (χ1v) is 4.48. The van der Waals surface area contributed by atoms with Gasteiger partial charge >= 0.3 is 5.97 Å². The van der Waals surface area contributed by atoms with Crippen LogP contribution in [0, 0.1) is 0 Å². The van der Waals surface area contributed by atoms with Gasteiger partial charge in [0.15, 0.2) is 18.1 Å². The van der Waals surface area contributed by atoms with Gasteiger partial charge in [-0.15, -0.1) is 0 Å². The lowest BCUT2D eigenvalue weighted by atomic mass is 10.3. The number of hydrogen-bond acceptors (Lipinski definition) is 4. The van der Waals surface area contributed by atoms with E-state index >= 15 is 0 Å². The number of halogens is 1. The van der Waals surface area contributed by atoms with Crippen molar-refractivity contribution in [2.75, 3.05) is 13.4 Å². The fourth-order valence-corrected chi connectivity index (χ4v) is 1.36. The minimum absolute atomic E-state index is 0.133. The molecule has 80 valence electrons. The summed E-state index contributed by atoms with van der Waals surface area (Å²) in [6.45, 7) is -0.312. The van der Waals surface area contributed by atoms with Gasteiger partial charge in [-0.1, -0.05) is 11.6 Å². The molecule has 0 aliphatic carbocycles. The predicted octanol–water partition coefficient (Wildman–Crippen LogP) is 1.53. The Kier molecular flexibility index (Phi) is 2.55. The van der Waals surface area contributed by atoms with Crippen molar-refractivity contribution in [1.82, 2.24) is 0 Å². The van der Waals surface area contributed by atoms with Gasteiger partial charge in [-0.2, -0.15) is 0 Å². The van der Waals surface area contributed by atoms with Crippen LogP contribution in [-0.4, -0.2) is 24.5 Å². The van der Waals surface area contributed by atoms with Crippen molar-refractivity contribution in [2.24, 2.45) is 0 Å². The van der Waals surface area contributed by atoms with Crippen LogP contribution in [-0.2, 0) is 4.79 Å². The van der Waals surface area contributed by atoms with Crippen molar-refractivity contribution < 1.29 is 24.1 Å². The molecular formula is C9H7ClO5. The fourth-order valence-electron chi connectivity index (χ4n) is 1.15. The summed E-state index contributed by atoms with van der Waals surface area (Å²) in [6, 6.07) is 3.04. The third kappa shape index (κ3) is 2.07. The van der Waals surface area contributed by atoms with E-state index in [1.54, 1.807) is 0 Å². The smallest absolute Gasteiger partial charge is 0.341 e. The molecule has 0 bridgehead atoms. The molecule has 0 saturated heterocycles. The van der Waals surface area contributed by atoms with E-state index in [0.29, 0.717) is 16.5 Å². The van der Waals surface area contributed by atoms with E-state index in [-0.39, 0.29) is 12.5 Å². The Labute approximate surface area is 90.1 Å². The molecule has 1 heterocycles. The molecule has 5 nitrogen and oxygen atoms in total. The molecule has 0 radical (unpaired) electrons. The van der Waals surface area contributed by atoms with E-state index < -0.39 is 12.6 Å². The summed E-state index contributed by atoms with van der Waals surface area (Å²) in [6.07, 6.45) is 0. The maximum absolute atomic E-state index is 10.3. The summed E-state index contributed by atoms with van der Waals surface area (Å²) in [5.74, 6) is 0.231. The number of aliphatic carboxylic acids is 1. The van der Waals surface area contributed by atoms with Gasteiger partial charge in [0.25, 0.3) is 0 Å². The standard InChI is InChI=1S/C9H7ClO5/c10-5-1-7-8(15-4-14-7)2-6(5)13-3-9(11)12/h1-2H,3-4H2,(H,11,12). The molecular weight excluding hydrogens is 224 g/mol. The normalized spacial score (nSPS) is 12.6. The highest BCUT2D eigenvalue weighted by molar-refractivity contribution is 6.32. The zero-order valence-electron chi connectivity index (χ0n) is 7.53. The van der Waals surface area contributed by atoms with E-state index in [9.17, 15) is 4.79 Å². The molecule has 0 aromatic heterocycles. The van der Waals surface area contributed by atoms with Gasteiger partial charge in [0, 0.05) is 12.1 Å². The number of carboxylic acids is 1. The van der Waals surface area contributed by atoms with Gasteiger partial charge in [-0.05, 0) is 0 Å². The molecule has 6 heteroatoms. The highest BCUT2D eigenvalue weighted by atomic mass is 35.5. The maximum atomic E-state index is 10.3. The van der Waals surface area contributed by atoms with Crippen LogP contribution in [0.15, 0.2) is 12.1 Å². The largest absolute Gasteiger partial charge is 0.480 e. The molecule has 2 rings (SSSR count). The number of fused-ring (bicyclic) bond motifs is 1. The zero-order chi connectivity index (χ0) is 10.8. The summed E-state index contributed by atoms with van der Waals surface area (Å²) >= 11 is 5.84. The lowest BCUT2D eigenvalue weighted by Crippen LogP contribution is -2.09. The van der Waals surface area contributed by atoms with Crippen LogP contribution < -0.4 is 14.2 Å². The number of ether oxygens (including phenoxy) is 3. The van der Waals surface area contributed by atoms with Crippen molar-refractivity contribution in [1.29, 1.82) is 0 Å². The Morgan fingerprint density at radius 3 is 2.80 bits per heavy atom. The number of carboxylic acid groups (broad SMARTS) is 1. The van der Waals surface area contributed by atoms with Crippen molar-refractivity contribution in [3.05, 3.63) is 17.2 Å². The number of hydrogen-bond donors (Lipinski definition) is 1. The Morgan fingerprint density at radius 1 is 1.47 bits per heavy atom. The van der Waals surface area contributed by atoms with Gasteiger partial charge in [-0.3, -0.25) is 0 Å².